The molecule has 1 aromatic rings. The van der Waals surface area contributed by atoms with Crippen molar-refractivity contribution in [1.82, 2.24) is 0 Å². The maximum atomic E-state index is 12.7. The van der Waals surface area contributed by atoms with Gasteiger partial charge in [-0.25, -0.2) is 4.39 Å². The molecule has 0 fully saturated rings. The van der Waals surface area contributed by atoms with Crippen molar-refractivity contribution in [2.75, 3.05) is 5.32 Å². The molecule has 1 atom stereocenters. The quantitative estimate of drug-likeness (QED) is 0.789. The second-order valence-electron chi connectivity index (χ2n) is 3.66. The van der Waals surface area contributed by atoms with E-state index in [4.69, 9.17) is 5.73 Å². The zero-order valence-corrected chi connectivity index (χ0v) is 8.81. The molecule has 0 aromatic heterocycles. The van der Waals surface area contributed by atoms with Gasteiger partial charge in [-0.3, -0.25) is 4.79 Å². The summed E-state index contributed by atoms with van der Waals surface area (Å²) >= 11 is 0. The Labute approximate surface area is 94.6 Å². The highest BCUT2D eigenvalue weighted by Crippen LogP contribution is 2.29. The van der Waals surface area contributed by atoms with Crippen molar-refractivity contribution in [2.24, 2.45) is 5.73 Å². The van der Waals surface area contributed by atoms with Crippen LogP contribution in [0.3, 0.4) is 0 Å². The number of nitrogens with two attached hydrogens (primary N) is 1. The largest absolute Gasteiger partial charge is 0.415 e. The Morgan fingerprint density at radius 3 is 2.41 bits per heavy atom. The summed E-state index contributed by atoms with van der Waals surface area (Å²) in [5.41, 5.74) is 1.78. The average Bonchev–Trinajstić information content (AvgIpc) is 2.15. The van der Waals surface area contributed by atoms with E-state index >= 15 is 0 Å². The molecule has 0 bridgehead atoms. The van der Waals surface area contributed by atoms with Gasteiger partial charge in [0, 0.05) is 5.69 Å². The average molecular weight is 250 g/mol. The van der Waals surface area contributed by atoms with Crippen molar-refractivity contribution in [3.8, 4) is 0 Å². The van der Waals surface area contributed by atoms with E-state index in [1.165, 1.54) is 12.1 Å². The highest BCUT2D eigenvalue weighted by molar-refractivity contribution is 5.98. The number of amides is 1. The van der Waals surface area contributed by atoms with Crippen molar-refractivity contribution in [2.45, 2.75) is 18.6 Å². The Bertz CT molecular complexity index is 429. The molecule has 0 radical (unpaired) electrons. The van der Waals surface area contributed by atoms with Crippen LogP contribution in [0.4, 0.5) is 23.2 Å². The van der Waals surface area contributed by atoms with Crippen molar-refractivity contribution >= 4 is 11.6 Å². The second-order valence-corrected chi connectivity index (χ2v) is 3.66. The molecule has 17 heavy (non-hydrogen) atoms. The first-order chi connectivity index (χ1) is 7.64. The Kier molecular flexibility index (Phi) is 3.42. The minimum absolute atomic E-state index is 0.0871. The summed E-state index contributed by atoms with van der Waals surface area (Å²) in [6, 6.07) is 4.51. The van der Waals surface area contributed by atoms with Gasteiger partial charge in [0.1, 0.15) is 5.82 Å². The fraction of sp³-hybridized carbons (Fsp3) is 0.300. The van der Waals surface area contributed by atoms with Gasteiger partial charge in [-0.05, 0) is 25.1 Å². The van der Waals surface area contributed by atoms with Crippen LogP contribution < -0.4 is 11.1 Å². The maximum absolute atomic E-state index is 12.7. The molecule has 0 saturated heterocycles. The van der Waals surface area contributed by atoms with E-state index in [9.17, 15) is 22.4 Å². The Hall–Kier alpha value is -1.63. The van der Waals surface area contributed by atoms with Gasteiger partial charge in [0.05, 0.1) is 0 Å². The van der Waals surface area contributed by atoms with E-state index in [0.29, 0.717) is 6.92 Å². The molecule has 0 heterocycles. The van der Waals surface area contributed by atoms with Crippen molar-refractivity contribution < 1.29 is 22.4 Å². The van der Waals surface area contributed by atoms with Crippen molar-refractivity contribution in [3.05, 3.63) is 30.1 Å². The third-order valence-electron chi connectivity index (χ3n) is 2.14. The molecule has 0 aliphatic heterocycles. The predicted octanol–water partition coefficient (Wildman–Crippen LogP) is 2.04. The second kappa shape index (κ2) is 4.33. The lowest BCUT2D eigenvalue weighted by Crippen LogP contribution is -2.59. The van der Waals surface area contributed by atoms with Crippen LogP contribution in [0.2, 0.25) is 0 Å². The number of halogens is 4. The molecule has 3 N–H and O–H groups in total. The zero-order chi connectivity index (χ0) is 13.3. The van der Waals surface area contributed by atoms with Gasteiger partial charge >= 0.3 is 6.18 Å². The van der Waals surface area contributed by atoms with Gasteiger partial charge < -0.3 is 11.1 Å². The molecule has 0 saturated carbocycles. The van der Waals surface area contributed by atoms with Gasteiger partial charge in [-0.1, -0.05) is 6.07 Å². The Balaban J connectivity index is 2.87. The topological polar surface area (TPSA) is 55.1 Å². The lowest BCUT2D eigenvalue weighted by molar-refractivity contribution is -0.184. The van der Waals surface area contributed by atoms with E-state index < -0.39 is 23.4 Å². The van der Waals surface area contributed by atoms with Gasteiger partial charge in [-0.2, -0.15) is 13.2 Å². The summed E-state index contributed by atoms with van der Waals surface area (Å²) in [6.45, 7) is 0.543. The normalized spacial score (nSPS) is 15.2. The minimum atomic E-state index is -4.88. The molecule has 1 amide bonds. The van der Waals surface area contributed by atoms with E-state index in [1.807, 2.05) is 5.32 Å². The van der Waals surface area contributed by atoms with E-state index in [2.05, 4.69) is 0 Å². The zero-order valence-electron chi connectivity index (χ0n) is 8.81. The van der Waals surface area contributed by atoms with Crippen LogP contribution in [-0.4, -0.2) is 17.6 Å². The molecule has 0 aliphatic rings. The minimum Gasteiger partial charge on any atom is -0.324 e. The number of hydrogen-bond donors (Lipinski definition) is 2. The number of nitrogens with one attached hydrogen (secondary N) is 1. The molecule has 3 nitrogen and oxygen atoms in total. The predicted molar refractivity (Wildman–Crippen MR) is 53.7 cm³/mol. The lowest BCUT2D eigenvalue weighted by Gasteiger charge is -2.26. The highest BCUT2D eigenvalue weighted by atomic mass is 19.4. The summed E-state index contributed by atoms with van der Waals surface area (Å²) in [6.07, 6.45) is -4.88. The van der Waals surface area contributed by atoms with Gasteiger partial charge in [0.15, 0.2) is 5.54 Å². The standard InChI is InChI=1S/C10H10F4N2O/c1-9(15,10(12,13)14)8(17)16-7-4-2-3-6(11)5-7/h2-5H,15H2,1H3,(H,16,17). The highest BCUT2D eigenvalue weighted by Gasteiger charge is 2.53. The summed E-state index contributed by atoms with van der Waals surface area (Å²) in [5.74, 6) is -2.12. The van der Waals surface area contributed by atoms with E-state index in [1.54, 1.807) is 0 Å². The Morgan fingerprint density at radius 2 is 1.94 bits per heavy atom. The molecule has 1 unspecified atom stereocenters. The number of carbonyl (C=O) groups excluding carboxylic acids is 1. The smallest absolute Gasteiger partial charge is 0.324 e. The van der Waals surface area contributed by atoms with Crippen LogP contribution in [0, 0.1) is 5.82 Å². The third-order valence-corrected chi connectivity index (χ3v) is 2.14. The number of hydrogen-bond acceptors (Lipinski definition) is 2. The molecular formula is C10H10F4N2O. The van der Waals surface area contributed by atoms with Crippen LogP contribution >= 0.6 is 0 Å². The molecule has 1 aromatic carbocycles. The van der Waals surface area contributed by atoms with Crippen molar-refractivity contribution in [1.29, 1.82) is 0 Å². The lowest BCUT2D eigenvalue weighted by atomic mass is 10.0. The summed E-state index contributed by atoms with van der Waals surface area (Å²) in [5, 5.41) is 1.91. The van der Waals surface area contributed by atoms with Gasteiger partial charge in [0.2, 0.25) is 0 Å². The molecular weight excluding hydrogens is 240 g/mol. The first kappa shape index (κ1) is 13.4. The summed E-state index contributed by atoms with van der Waals surface area (Å²) in [4.78, 5) is 11.3. The fourth-order valence-corrected chi connectivity index (χ4v) is 0.956. The number of rotatable bonds is 2. The molecule has 1 rings (SSSR count). The molecule has 0 aliphatic carbocycles. The van der Waals surface area contributed by atoms with Gasteiger partial charge in [0.25, 0.3) is 5.91 Å². The molecule has 7 heteroatoms. The fourth-order valence-electron chi connectivity index (χ4n) is 0.956. The van der Waals surface area contributed by atoms with Crippen molar-refractivity contribution in [3.63, 3.8) is 0 Å². The SMILES string of the molecule is CC(N)(C(=O)Nc1cccc(F)c1)C(F)(F)F. The van der Waals surface area contributed by atoms with Crippen LogP contribution in [0.1, 0.15) is 6.92 Å². The molecule has 94 valence electrons. The van der Waals surface area contributed by atoms with E-state index in [0.717, 1.165) is 12.1 Å². The summed E-state index contributed by atoms with van der Waals surface area (Å²) in [7, 11) is 0. The monoisotopic (exact) mass is 250 g/mol. The maximum Gasteiger partial charge on any atom is 0.415 e. The van der Waals surface area contributed by atoms with Crippen LogP contribution in [0.15, 0.2) is 24.3 Å². The molecule has 0 spiro atoms. The Morgan fingerprint density at radius 1 is 1.35 bits per heavy atom. The third kappa shape index (κ3) is 2.94. The van der Waals surface area contributed by atoms with Gasteiger partial charge in [-0.15, -0.1) is 0 Å². The van der Waals surface area contributed by atoms with Crippen LogP contribution in [0.25, 0.3) is 0 Å². The first-order valence-electron chi connectivity index (χ1n) is 4.57. The van der Waals surface area contributed by atoms with Crippen LogP contribution in [-0.2, 0) is 4.79 Å². The van der Waals surface area contributed by atoms with E-state index in [-0.39, 0.29) is 5.69 Å². The summed E-state index contributed by atoms with van der Waals surface area (Å²) < 4.78 is 50.0. The number of carbonyl (C=O) groups is 1. The number of anilines is 1. The first-order valence-corrected chi connectivity index (χ1v) is 4.57. The number of benzene rings is 1. The number of alkyl halides is 3. The van der Waals surface area contributed by atoms with Crippen LogP contribution in [0.5, 0.6) is 0 Å².